The summed E-state index contributed by atoms with van der Waals surface area (Å²) < 4.78 is 5.90. The Kier molecular flexibility index (Phi) is 2.44. The third-order valence-electron chi connectivity index (χ3n) is 2.32. The van der Waals surface area contributed by atoms with Crippen LogP contribution in [0.25, 0.3) is 10.9 Å². The van der Waals surface area contributed by atoms with Crippen LogP contribution in [0.1, 0.15) is 22.1 Å². The molecule has 0 saturated carbocycles. The van der Waals surface area contributed by atoms with Gasteiger partial charge in [0.25, 0.3) is 0 Å². The van der Waals surface area contributed by atoms with Crippen molar-refractivity contribution in [3.8, 4) is 0 Å². The summed E-state index contributed by atoms with van der Waals surface area (Å²) in [4.78, 5) is 22.7. The van der Waals surface area contributed by atoms with E-state index in [1.54, 1.807) is 18.2 Å². The fourth-order valence-corrected chi connectivity index (χ4v) is 1.59. The fraction of sp³-hybridized carbons (Fsp3) is 0.182. The number of fused-ring (bicyclic) bond motifs is 1. The Hall–Kier alpha value is -2.17. The van der Waals surface area contributed by atoms with E-state index in [2.05, 4.69) is 9.84 Å². The minimum atomic E-state index is -0.436. The predicted molar refractivity (Wildman–Crippen MR) is 57.4 cm³/mol. The van der Waals surface area contributed by atoms with Crippen molar-refractivity contribution >= 4 is 22.8 Å². The van der Waals surface area contributed by atoms with Crippen molar-refractivity contribution in [2.45, 2.75) is 6.92 Å². The van der Waals surface area contributed by atoms with E-state index in [1.807, 2.05) is 0 Å². The maximum absolute atomic E-state index is 11.5. The lowest BCUT2D eigenvalue weighted by Gasteiger charge is -2.01. The molecule has 0 N–H and O–H groups in total. The van der Waals surface area contributed by atoms with Gasteiger partial charge in [-0.1, -0.05) is 6.07 Å². The number of ether oxygens (including phenoxy) is 1. The van der Waals surface area contributed by atoms with E-state index in [4.69, 9.17) is 0 Å². The summed E-state index contributed by atoms with van der Waals surface area (Å²) in [5, 5.41) is 4.55. The average Bonchev–Trinajstić information content (AvgIpc) is 2.71. The molecule has 1 heterocycles. The van der Waals surface area contributed by atoms with Crippen LogP contribution in [-0.2, 0) is 4.74 Å². The zero-order valence-corrected chi connectivity index (χ0v) is 8.93. The Balaban J connectivity index is 2.71. The van der Waals surface area contributed by atoms with E-state index >= 15 is 0 Å². The molecular weight excluding hydrogens is 208 g/mol. The molecule has 2 aromatic rings. The van der Waals surface area contributed by atoms with Crippen LogP contribution in [0.2, 0.25) is 0 Å². The molecule has 16 heavy (non-hydrogen) atoms. The second-order valence-electron chi connectivity index (χ2n) is 3.31. The predicted octanol–water partition coefficient (Wildman–Crippen LogP) is 1.48. The Morgan fingerprint density at radius 1 is 1.38 bits per heavy atom. The van der Waals surface area contributed by atoms with Gasteiger partial charge in [0.2, 0.25) is 5.91 Å². The van der Waals surface area contributed by atoms with Gasteiger partial charge < -0.3 is 4.74 Å². The highest BCUT2D eigenvalue weighted by Gasteiger charge is 2.14. The van der Waals surface area contributed by atoms with Gasteiger partial charge in [0, 0.05) is 12.3 Å². The van der Waals surface area contributed by atoms with Crippen molar-refractivity contribution in [1.82, 2.24) is 9.78 Å². The standard InChI is InChI=1S/C11H10N2O3/c1-7(14)13-10-5-3-4-8(11(15)16-2)9(10)6-12-13/h3-6H,1-2H3. The SMILES string of the molecule is COC(=O)c1cccc2c1cnn2C(C)=O. The van der Waals surface area contributed by atoms with E-state index in [1.165, 1.54) is 24.9 Å². The highest BCUT2D eigenvalue weighted by molar-refractivity contribution is 6.05. The van der Waals surface area contributed by atoms with Gasteiger partial charge in [0.05, 0.1) is 24.4 Å². The summed E-state index contributed by atoms with van der Waals surface area (Å²) in [5.41, 5.74) is 1.02. The Morgan fingerprint density at radius 2 is 2.12 bits per heavy atom. The molecule has 0 saturated heterocycles. The van der Waals surface area contributed by atoms with Gasteiger partial charge in [-0.3, -0.25) is 4.79 Å². The number of benzene rings is 1. The van der Waals surface area contributed by atoms with Crippen molar-refractivity contribution in [1.29, 1.82) is 0 Å². The molecule has 0 aliphatic carbocycles. The number of methoxy groups -OCH3 is 1. The summed E-state index contributed by atoms with van der Waals surface area (Å²) in [6.07, 6.45) is 1.49. The third-order valence-corrected chi connectivity index (χ3v) is 2.32. The zero-order valence-electron chi connectivity index (χ0n) is 8.93. The first-order valence-electron chi connectivity index (χ1n) is 4.71. The molecule has 0 spiro atoms. The first kappa shape index (κ1) is 10.4. The zero-order chi connectivity index (χ0) is 11.7. The molecule has 0 bridgehead atoms. The number of hydrogen-bond donors (Lipinski definition) is 0. The van der Waals surface area contributed by atoms with Crippen LogP contribution in [0, 0.1) is 0 Å². The van der Waals surface area contributed by atoms with Crippen molar-refractivity contribution in [2.24, 2.45) is 0 Å². The molecule has 0 atom stereocenters. The Morgan fingerprint density at radius 3 is 2.75 bits per heavy atom. The van der Waals surface area contributed by atoms with E-state index < -0.39 is 5.97 Å². The van der Waals surface area contributed by atoms with E-state index in [0.29, 0.717) is 16.5 Å². The molecule has 0 aliphatic heterocycles. The summed E-state index contributed by atoms with van der Waals surface area (Å²) in [5.74, 6) is -0.634. The number of carbonyl (C=O) groups is 2. The number of aromatic nitrogens is 2. The van der Waals surface area contributed by atoms with Crippen molar-refractivity contribution in [2.75, 3.05) is 7.11 Å². The first-order chi connectivity index (χ1) is 7.65. The van der Waals surface area contributed by atoms with Crippen LogP contribution in [0.3, 0.4) is 0 Å². The molecule has 0 aliphatic rings. The summed E-state index contributed by atoms with van der Waals surface area (Å²) >= 11 is 0. The highest BCUT2D eigenvalue weighted by Crippen LogP contribution is 2.19. The maximum Gasteiger partial charge on any atom is 0.338 e. The van der Waals surface area contributed by atoms with E-state index in [-0.39, 0.29) is 5.91 Å². The van der Waals surface area contributed by atoms with Crippen molar-refractivity contribution in [3.05, 3.63) is 30.0 Å². The summed E-state index contributed by atoms with van der Waals surface area (Å²) in [6.45, 7) is 1.41. The molecule has 2 rings (SSSR count). The molecule has 5 heteroatoms. The van der Waals surface area contributed by atoms with Crippen molar-refractivity contribution in [3.63, 3.8) is 0 Å². The summed E-state index contributed by atoms with van der Waals surface area (Å²) in [7, 11) is 1.32. The van der Waals surface area contributed by atoms with Crippen LogP contribution in [0.5, 0.6) is 0 Å². The molecule has 1 aromatic heterocycles. The highest BCUT2D eigenvalue weighted by atomic mass is 16.5. The van der Waals surface area contributed by atoms with Gasteiger partial charge in [0.15, 0.2) is 0 Å². The normalized spacial score (nSPS) is 10.4. The minimum Gasteiger partial charge on any atom is -0.465 e. The van der Waals surface area contributed by atoms with Gasteiger partial charge in [-0.25, -0.2) is 9.48 Å². The second-order valence-corrected chi connectivity index (χ2v) is 3.31. The minimum absolute atomic E-state index is 0.197. The quantitative estimate of drug-likeness (QED) is 0.680. The lowest BCUT2D eigenvalue weighted by Crippen LogP contribution is -2.07. The Labute approximate surface area is 91.6 Å². The van der Waals surface area contributed by atoms with Gasteiger partial charge in [-0.15, -0.1) is 0 Å². The third kappa shape index (κ3) is 1.46. The topological polar surface area (TPSA) is 61.2 Å². The number of rotatable bonds is 1. The molecular formula is C11H10N2O3. The van der Waals surface area contributed by atoms with Crippen LogP contribution in [0.15, 0.2) is 24.4 Å². The average molecular weight is 218 g/mol. The van der Waals surface area contributed by atoms with Gasteiger partial charge >= 0.3 is 5.97 Å². The monoisotopic (exact) mass is 218 g/mol. The smallest absolute Gasteiger partial charge is 0.338 e. The van der Waals surface area contributed by atoms with Crippen LogP contribution < -0.4 is 0 Å². The van der Waals surface area contributed by atoms with Crippen LogP contribution >= 0.6 is 0 Å². The molecule has 0 amide bonds. The van der Waals surface area contributed by atoms with Gasteiger partial charge in [-0.05, 0) is 12.1 Å². The largest absolute Gasteiger partial charge is 0.465 e. The lowest BCUT2D eigenvalue weighted by molar-refractivity contribution is 0.0602. The van der Waals surface area contributed by atoms with Gasteiger partial charge in [-0.2, -0.15) is 5.10 Å². The maximum atomic E-state index is 11.5. The van der Waals surface area contributed by atoms with Gasteiger partial charge in [0.1, 0.15) is 0 Å². The van der Waals surface area contributed by atoms with Crippen molar-refractivity contribution < 1.29 is 14.3 Å². The fourth-order valence-electron chi connectivity index (χ4n) is 1.59. The molecule has 0 radical (unpaired) electrons. The van der Waals surface area contributed by atoms with E-state index in [9.17, 15) is 9.59 Å². The number of carbonyl (C=O) groups excluding carboxylic acids is 2. The first-order valence-corrected chi connectivity index (χ1v) is 4.71. The Bertz CT molecular complexity index is 572. The van der Waals surface area contributed by atoms with Crippen LogP contribution in [0.4, 0.5) is 0 Å². The number of esters is 1. The van der Waals surface area contributed by atoms with E-state index in [0.717, 1.165) is 0 Å². The number of nitrogens with zero attached hydrogens (tertiary/aromatic N) is 2. The molecule has 1 aromatic carbocycles. The summed E-state index contributed by atoms with van der Waals surface area (Å²) in [6, 6.07) is 5.06. The molecule has 0 fully saturated rings. The molecule has 5 nitrogen and oxygen atoms in total. The van der Waals surface area contributed by atoms with Crippen LogP contribution in [-0.4, -0.2) is 28.8 Å². The number of hydrogen-bond acceptors (Lipinski definition) is 4. The molecule has 0 unspecified atom stereocenters. The lowest BCUT2D eigenvalue weighted by atomic mass is 10.1. The molecule has 82 valence electrons. The second kappa shape index (κ2) is 3.77.